The van der Waals surface area contributed by atoms with Gasteiger partial charge in [0.1, 0.15) is 0 Å². The van der Waals surface area contributed by atoms with Crippen LogP contribution in [0.1, 0.15) is 142 Å². The first kappa shape index (κ1) is 38.8. The maximum atomic E-state index is 6.23. The van der Waals surface area contributed by atoms with Gasteiger partial charge < -0.3 is 19.1 Å². The van der Waals surface area contributed by atoms with Gasteiger partial charge in [0.25, 0.3) is 0 Å². The van der Waals surface area contributed by atoms with E-state index in [1.807, 2.05) is 0 Å². The summed E-state index contributed by atoms with van der Waals surface area (Å²) in [5, 5.41) is 0. The predicted molar refractivity (Wildman–Crippen MR) is 172 cm³/mol. The van der Waals surface area contributed by atoms with Crippen LogP contribution in [0.4, 0.5) is 0 Å². The van der Waals surface area contributed by atoms with Crippen LogP contribution in [0.2, 0.25) is 0 Å². The normalized spacial score (nSPS) is 19.4. The molecule has 0 amide bonds. The highest BCUT2D eigenvalue weighted by Gasteiger charge is 2.22. The highest BCUT2D eigenvalue weighted by molar-refractivity contribution is 4.73. The number of ether oxygens (including phenoxy) is 3. The van der Waals surface area contributed by atoms with Crippen LogP contribution in [0.25, 0.3) is 0 Å². The van der Waals surface area contributed by atoms with Crippen LogP contribution in [-0.4, -0.2) is 61.7 Å². The van der Waals surface area contributed by atoms with Crippen molar-refractivity contribution in [3.05, 3.63) is 0 Å². The standard InChI is InChI=1S/C35H73NO3/c1-26(24-33(8)39-35(12,13)14)16-19-36(15)30(5)22-27(2)17-20-37-31(6)23-28(3)18-21-38-32(7)25-29(4)34(9,10)11/h26-33H,16-25H2,1-15H3. The zero-order valence-corrected chi connectivity index (χ0v) is 29.4. The molecule has 0 aromatic heterocycles. The van der Waals surface area contributed by atoms with Crippen molar-refractivity contribution < 1.29 is 14.2 Å². The Morgan fingerprint density at radius 3 is 1.49 bits per heavy atom. The zero-order chi connectivity index (χ0) is 30.4. The summed E-state index contributed by atoms with van der Waals surface area (Å²) in [5.74, 6) is 2.65. The summed E-state index contributed by atoms with van der Waals surface area (Å²) >= 11 is 0. The van der Waals surface area contributed by atoms with Crippen LogP contribution in [0, 0.1) is 29.1 Å². The van der Waals surface area contributed by atoms with Crippen molar-refractivity contribution in [2.45, 2.75) is 172 Å². The van der Waals surface area contributed by atoms with Crippen LogP contribution in [-0.2, 0) is 14.2 Å². The van der Waals surface area contributed by atoms with Crippen LogP contribution < -0.4 is 0 Å². The molecular weight excluding hydrogens is 482 g/mol. The minimum absolute atomic E-state index is 0.0569. The molecular formula is C35H73NO3. The Morgan fingerprint density at radius 2 is 1.00 bits per heavy atom. The summed E-state index contributed by atoms with van der Waals surface area (Å²) in [6, 6.07) is 0.599. The van der Waals surface area contributed by atoms with Crippen molar-refractivity contribution >= 4 is 0 Å². The summed E-state index contributed by atoms with van der Waals surface area (Å²) < 4.78 is 18.5. The summed E-state index contributed by atoms with van der Waals surface area (Å²) in [7, 11) is 2.29. The number of nitrogens with zero attached hydrogens (tertiary/aromatic N) is 1. The Bertz CT molecular complexity index is 596. The third-order valence-electron chi connectivity index (χ3n) is 8.68. The van der Waals surface area contributed by atoms with Crippen LogP contribution >= 0.6 is 0 Å². The van der Waals surface area contributed by atoms with E-state index in [-0.39, 0.29) is 5.60 Å². The van der Waals surface area contributed by atoms with E-state index in [0.29, 0.717) is 53.4 Å². The lowest BCUT2D eigenvalue weighted by Crippen LogP contribution is -2.33. The van der Waals surface area contributed by atoms with Crippen molar-refractivity contribution in [3.63, 3.8) is 0 Å². The maximum Gasteiger partial charge on any atom is 0.0602 e. The molecule has 0 bridgehead atoms. The van der Waals surface area contributed by atoms with E-state index in [2.05, 4.69) is 109 Å². The van der Waals surface area contributed by atoms with Crippen molar-refractivity contribution in [1.82, 2.24) is 4.90 Å². The lowest BCUT2D eigenvalue weighted by molar-refractivity contribution is -0.0598. The molecule has 0 saturated carbocycles. The third kappa shape index (κ3) is 21.2. The molecule has 0 fully saturated rings. The molecule has 4 nitrogen and oxygen atoms in total. The van der Waals surface area contributed by atoms with E-state index in [0.717, 1.165) is 51.9 Å². The second-order valence-corrected chi connectivity index (χ2v) is 15.6. The average Bonchev–Trinajstić information content (AvgIpc) is 2.75. The monoisotopic (exact) mass is 556 g/mol. The van der Waals surface area contributed by atoms with Gasteiger partial charge in [0, 0.05) is 19.3 Å². The van der Waals surface area contributed by atoms with E-state index in [1.165, 1.54) is 12.8 Å². The van der Waals surface area contributed by atoms with E-state index in [4.69, 9.17) is 14.2 Å². The smallest absolute Gasteiger partial charge is 0.0602 e. The minimum atomic E-state index is -0.0569. The number of rotatable bonds is 21. The molecule has 8 atom stereocenters. The molecule has 0 radical (unpaired) electrons. The minimum Gasteiger partial charge on any atom is -0.378 e. The first-order valence-corrected chi connectivity index (χ1v) is 16.4. The highest BCUT2D eigenvalue weighted by Crippen LogP contribution is 2.29. The van der Waals surface area contributed by atoms with Gasteiger partial charge in [-0.05, 0) is 136 Å². The van der Waals surface area contributed by atoms with Crippen molar-refractivity contribution in [2.75, 3.05) is 26.8 Å². The molecule has 39 heavy (non-hydrogen) atoms. The van der Waals surface area contributed by atoms with E-state index < -0.39 is 0 Å². The van der Waals surface area contributed by atoms with Gasteiger partial charge in [-0.15, -0.1) is 0 Å². The zero-order valence-electron chi connectivity index (χ0n) is 29.4. The van der Waals surface area contributed by atoms with Crippen molar-refractivity contribution in [2.24, 2.45) is 29.1 Å². The largest absolute Gasteiger partial charge is 0.378 e. The van der Waals surface area contributed by atoms with Crippen molar-refractivity contribution in [3.8, 4) is 0 Å². The summed E-state index contributed by atoms with van der Waals surface area (Å²) in [4.78, 5) is 2.54. The maximum absolute atomic E-state index is 6.23. The van der Waals surface area contributed by atoms with Crippen molar-refractivity contribution in [1.29, 1.82) is 0 Å². The van der Waals surface area contributed by atoms with E-state index in [1.54, 1.807) is 0 Å². The van der Waals surface area contributed by atoms with Crippen LogP contribution in [0.3, 0.4) is 0 Å². The van der Waals surface area contributed by atoms with Gasteiger partial charge in [0.05, 0.1) is 23.9 Å². The molecule has 0 aromatic carbocycles. The Labute approximate surface area is 246 Å². The first-order chi connectivity index (χ1) is 17.8. The topological polar surface area (TPSA) is 30.9 Å². The van der Waals surface area contributed by atoms with Gasteiger partial charge >= 0.3 is 0 Å². The van der Waals surface area contributed by atoms with Gasteiger partial charge in [-0.2, -0.15) is 0 Å². The molecule has 0 aliphatic heterocycles. The lowest BCUT2D eigenvalue weighted by Gasteiger charge is -2.30. The SMILES string of the molecule is CC(CCOC(C)CC(C)C(C)(C)C)CC(C)OCCC(C)CC(C)N(C)CCC(C)CC(C)OC(C)(C)C. The van der Waals surface area contributed by atoms with Gasteiger partial charge in [-0.3, -0.25) is 0 Å². The Balaban J connectivity index is 4.08. The predicted octanol–water partition coefficient (Wildman–Crippen LogP) is 9.64. The lowest BCUT2D eigenvalue weighted by atomic mass is 9.79. The quantitative estimate of drug-likeness (QED) is 0.141. The molecule has 0 aliphatic rings. The Hall–Kier alpha value is -0.160. The highest BCUT2D eigenvalue weighted by atomic mass is 16.5. The van der Waals surface area contributed by atoms with Gasteiger partial charge in [-0.25, -0.2) is 0 Å². The molecule has 0 rings (SSSR count). The van der Waals surface area contributed by atoms with Gasteiger partial charge in [0.2, 0.25) is 0 Å². The fourth-order valence-electron chi connectivity index (χ4n) is 5.47. The van der Waals surface area contributed by atoms with Crippen LogP contribution in [0.5, 0.6) is 0 Å². The molecule has 0 saturated heterocycles. The molecule has 0 N–H and O–H groups in total. The molecule has 0 aromatic rings. The molecule has 8 unspecified atom stereocenters. The molecule has 0 heterocycles. The Morgan fingerprint density at radius 1 is 0.564 bits per heavy atom. The number of hydrogen-bond donors (Lipinski definition) is 0. The Kier molecular flexibility index (Phi) is 19.0. The fraction of sp³-hybridized carbons (Fsp3) is 1.00. The second-order valence-electron chi connectivity index (χ2n) is 15.6. The van der Waals surface area contributed by atoms with Gasteiger partial charge in [-0.1, -0.05) is 48.5 Å². The average molecular weight is 556 g/mol. The summed E-state index contributed by atoms with van der Waals surface area (Å²) in [5.41, 5.74) is 0.293. The molecule has 4 heteroatoms. The van der Waals surface area contributed by atoms with E-state index in [9.17, 15) is 0 Å². The van der Waals surface area contributed by atoms with Gasteiger partial charge in [0.15, 0.2) is 0 Å². The summed E-state index contributed by atoms with van der Waals surface area (Å²) in [6.07, 6.45) is 9.06. The second kappa shape index (κ2) is 19.1. The number of hydrogen-bond acceptors (Lipinski definition) is 4. The summed E-state index contributed by atoms with van der Waals surface area (Å²) in [6.45, 7) is 34.8. The fourth-order valence-corrected chi connectivity index (χ4v) is 5.47. The van der Waals surface area contributed by atoms with E-state index >= 15 is 0 Å². The molecule has 236 valence electrons. The molecule has 0 spiro atoms. The third-order valence-corrected chi connectivity index (χ3v) is 8.68. The molecule has 0 aliphatic carbocycles. The van der Waals surface area contributed by atoms with Crippen LogP contribution in [0.15, 0.2) is 0 Å². The first-order valence-electron chi connectivity index (χ1n) is 16.4.